The fourth-order valence-electron chi connectivity index (χ4n) is 2.19. The van der Waals surface area contributed by atoms with Crippen molar-refractivity contribution in [3.8, 4) is 0 Å². The van der Waals surface area contributed by atoms with E-state index in [-0.39, 0.29) is 16.9 Å². The maximum atomic E-state index is 12.8. The van der Waals surface area contributed by atoms with Gasteiger partial charge in [-0.25, -0.2) is 13.4 Å². The minimum absolute atomic E-state index is 0.0596. The zero-order valence-electron chi connectivity index (χ0n) is 11.1. The number of anilines is 1. The molecule has 0 spiro atoms. The van der Waals surface area contributed by atoms with Gasteiger partial charge in [-0.1, -0.05) is 6.07 Å². The molecule has 0 aromatic carbocycles. The zero-order chi connectivity index (χ0) is 14.3. The van der Waals surface area contributed by atoms with E-state index in [0.29, 0.717) is 6.54 Å². The Labute approximate surface area is 121 Å². The summed E-state index contributed by atoms with van der Waals surface area (Å²) in [5.74, 6) is 0.0596. The van der Waals surface area contributed by atoms with Crippen molar-refractivity contribution in [1.82, 2.24) is 13.9 Å². The van der Waals surface area contributed by atoms with E-state index in [9.17, 15) is 8.42 Å². The Morgan fingerprint density at radius 2 is 2.30 bits per heavy atom. The molecule has 0 aliphatic heterocycles. The monoisotopic (exact) mass is 312 g/mol. The third-order valence-electron chi connectivity index (χ3n) is 3.31. The van der Waals surface area contributed by atoms with Gasteiger partial charge in [0.15, 0.2) is 10.8 Å². The summed E-state index contributed by atoms with van der Waals surface area (Å²) in [6, 6.07) is 3.95. The van der Waals surface area contributed by atoms with Gasteiger partial charge in [-0.2, -0.15) is 4.31 Å². The van der Waals surface area contributed by atoms with Crippen LogP contribution in [0.15, 0.2) is 28.9 Å². The van der Waals surface area contributed by atoms with Crippen LogP contribution in [0.2, 0.25) is 0 Å². The molecule has 20 heavy (non-hydrogen) atoms. The molecule has 2 aromatic rings. The van der Waals surface area contributed by atoms with E-state index < -0.39 is 10.0 Å². The third kappa shape index (κ3) is 2.34. The van der Waals surface area contributed by atoms with E-state index in [1.807, 2.05) is 17.5 Å². The van der Waals surface area contributed by atoms with E-state index in [1.54, 1.807) is 22.7 Å². The summed E-state index contributed by atoms with van der Waals surface area (Å²) in [6.07, 6.45) is 3.24. The molecule has 6 nitrogen and oxygen atoms in total. The van der Waals surface area contributed by atoms with Crippen molar-refractivity contribution >= 4 is 27.2 Å². The molecular formula is C12H16N4O2S2. The lowest BCUT2D eigenvalue weighted by Gasteiger charge is -2.21. The average Bonchev–Trinajstić information content (AvgIpc) is 2.97. The predicted octanol–water partition coefficient (Wildman–Crippen LogP) is 1.42. The topological polar surface area (TPSA) is 81.2 Å². The number of hydrogen-bond acceptors (Lipinski definition) is 5. The summed E-state index contributed by atoms with van der Waals surface area (Å²) >= 11 is 1.56. The zero-order valence-corrected chi connectivity index (χ0v) is 12.7. The molecule has 0 unspecified atom stereocenters. The fourth-order valence-corrected chi connectivity index (χ4v) is 4.84. The molecule has 3 rings (SSSR count). The van der Waals surface area contributed by atoms with Crippen molar-refractivity contribution in [1.29, 1.82) is 0 Å². The van der Waals surface area contributed by atoms with Gasteiger partial charge in [-0.05, 0) is 24.3 Å². The second-order valence-corrected chi connectivity index (χ2v) is 7.74. The Balaban J connectivity index is 1.98. The lowest BCUT2D eigenvalue weighted by Crippen LogP contribution is -2.34. The standard InChI is InChI=1S/C12H16N4O2S2/c1-15-8-14-11(13)12(15)20(17,18)16(9-4-5-9)7-10-3-2-6-19-10/h2-3,6,8-9H,4-5,7,13H2,1H3. The van der Waals surface area contributed by atoms with Crippen LogP contribution in [-0.4, -0.2) is 28.3 Å². The molecule has 1 aliphatic rings. The maximum absolute atomic E-state index is 12.8. The minimum atomic E-state index is -3.62. The van der Waals surface area contributed by atoms with E-state index >= 15 is 0 Å². The number of thiophene rings is 1. The predicted molar refractivity (Wildman–Crippen MR) is 77.7 cm³/mol. The second-order valence-electron chi connectivity index (χ2n) is 4.91. The minimum Gasteiger partial charge on any atom is -0.381 e. The number of aryl methyl sites for hydroxylation is 1. The highest BCUT2D eigenvalue weighted by molar-refractivity contribution is 7.89. The SMILES string of the molecule is Cn1cnc(N)c1S(=O)(=O)N(Cc1cccs1)C1CC1. The first-order chi connectivity index (χ1) is 9.50. The van der Waals surface area contributed by atoms with E-state index in [1.165, 1.54) is 10.9 Å². The lowest BCUT2D eigenvalue weighted by molar-refractivity contribution is 0.398. The van der Waals surface area contributed by atoms with Crippen molar-refractivity contribution in [2.75, 3.05) is 5.73 Å². The van der Waals surface area contributed by atoms with Gasteiger partial charge in [0.2, 0.25) is 0 Å². The molecule has 0 saturated heterocycles. The van der Waals surface area contributed by atoms with E-state index in [0.717, 1.165) is 17.7 Å². The molecule has 1 saturated carbocycles. The molecule has 1 fully saturated rings. The largest absolute Gasteiger partial charge is 0.381 e. The van der Waals surface area contributed by atoms with Crippen LogP contribution < -0.4 is 5.73 Å². The number of nitrogens with two attached hydrogens (primary N) is 1. The highest BCUT2D eigenvalue weighted by atomic mass is 32.2. The van der Waals surface area contributed by atoms with Crippen LogP contribution in [0.3, 0.4) is 0 Å². The molecule has 2 aromatic heterocycles. The average molecular weight is 312 g/mol. The van der Waals surface area contributed by atoms with Crippen LogP contribution in [0.5, 0.6) is 0 Å². The van der Waals surface area contributed by atoms with Gasteiger partial charge in [0, 0.05) is 24.5 Å². The van der Waals surface area contributed by atoms with Gasteiger partial charge in [0.1, 0.15) is 0 Å². The van der Waals surface area contributed by atoms with Crippen molar-refractivity contribution in [2.24, 2.45) is 7.05 Å². The number of aromatic nitrogens is 2. The van der Waals surface area contributed by atoms with Gasteiger partial charge >= 0.3 is 0 Å². The normalized spacial score (nSPS) is 15.9. The summed E-state index contributed by atoms with van der Waals surface area (Å²) in [5.41, 5.74) is 5.72. The molecule has 2 N–H and O–H groups in total. The van der Waals surface area contributed by atoms with Crippen molar-refractivity contribution in [2.45, 2.75) is 30.5 Å². The van der Waals surface area contributed by atoms with Crippen molar-refractivity contribution in [3.63, 3.8) is 0 Å². The molecule has 0 bridgehead atoms. The second kappa shape index (κ2) is 4.87. The van der Waals surface area contributed by atoms with E-state index in [4.69, 9.17) is 5.73 Å². The van der Waals surface area contributed by atoms with Gasteiger partial charge in [-0.3, -0.25) is 0 Å². The van der Waals surface area contributed by atoms with Gasteiger partial charge in [-0.15, -0.1) is 11.3 Å². The first-order valence-corrected chi connectivity index (χ1v) is 8.63. The quantitative estimate of drug-likeness (QED) is 0.905. The molecule has 0 radical (unpaired) electrons. The fraction of sp³-hybridized carbons (Fsp3) is 0.417. The maximum Gasteiger partial charge on any atom is 0.263 e. The summed E-state index contributed by atoms with van der Waals surface area (Å²) in [6.45, 7) is 0.398. The van der Waals surface area contributed by atoms with Crippen LogP contribution in [-0.2, 0) is 23.6 Å². The lowest BCUT2D eigenvalue weighted by atomic mass is 10.4. The number of sulfonamides is 1. The molecule has 8 heteroatoms. The summed E-state index contributed by atoms with van der Waals surface area (Å²) < 4.78 is 28.7. The van der Waals surface area contributed by atoms with Crippen LogP contribution >= 0.6 is 11.3 Å². The third-order valence-corrected chi connectivity index (χ3v) is 6.20. The Morgan fingerprint density at radius 3 is 2.80 bits per heavy atom. The Morgan fingerprint density at radius 1 is 1.55 bits per heavy atom. The number of nitrogen functional groups attached to an aromatic ring is 1. The molecule has 108 valence electrons. The molecular weight excluding hydrogens is 296 g/mol. The Bertz CT molecular complexity index is 682. The smallest absolute Gasteiger partial charge is 0.263 e. The molecule has 0 amide bonds. The summed E-state index contributed by atoms with van der Waals surface area (Å²) in [4.78, 5) is 4.91. The summed E-state index contributed by atoms with van der Waals surface area (Å²) in [7, 11) is -1.97. The Hall–Kier alpha value is -1.38. The highest BCUT2D eigenvalue weighted by Gasteiger charge is 2.40. The van der Waals surface area contributed by atoms with Gasteiger partial charge in [0.25, 0.3) is 10.0 Å². The van der Waals surface area contributed by atoms with Crippen molar-refractivity contribution < 1.29 is 8.42 Å². The molecule has 1 aliphatic carbocycles. The van der Waals surface area contributed by atoms with Crippen LogP contribution in [0.4, 0.5) is 5.82 Å². The first kappa shape index (κ1) is 13.6. The number of rotatable bonds is 5. The van der Waals surface area contributed by atoms with E-state index in [2.05, 4.69) is 4.98 Å². The van der Waals surface area contributed by atoms with Gasteiger partial charge in [0.05, 0.1) is 6.33 Å². The van der Waals surface area contributed by atoms with Crippen molar-refractivity contribution in [3.05, 3.63) is 28.7 Å². The molecule has 2 heterocycles. The molecule has 0 atom stereocenters. The number of nitrogens with zero attached hydrogens (tertiary/aromatic N) is 3. The van der Waals surface area contributed by atoms with Crippen LogP contribution in [0, 0.1) is 0 Å². The number of hydrogen-bond donors (Lipinski definition) is 1. The first-order valence-electron chi connectivity index (χ1n) is 6.31. The van der Waals surface area contributed by atoms with Crippen LogP contribution in [0.25, 0.3) is 0 Å². The van der Waals surface area contributed by atoms with Crippen LogP contribution in [0.1, 0.15) is 17.7 Å². The number of imidazole rings is 1. The highest BCUT2D eigenvalue weighted by Crippen LogP contribution is 2.35. The Kier molecular flexibility index (Phi) is 3.31. The van der Waals surface area contributed by atoms with Gasteiger partial charge < -0.3 is 10.3 Å². The summed E-state index contributed by atoms with van der Waals surface area (Å²) in [5, 5.41) is 2.03.